The molecule has 2 fully saturated rings. The summed E-state index contributed by atoms with van der Waals surface area (Å²) in [6, 6.07) is 45.4. The topological polar surface area (TPSA) is 164 Å². The summed E-state index contributed by atoms with van der Waals surface area (Å²) in [4.78, 5) is 29.3. The smallest absolute Gasteiger partial charge is 0.269 e. The number of anilines is 1. The number of nitro groups is 1. The molecule has 3 N–H and O–H groups in total. The Hall–Kier alpha value is -6.26. The van der Waals surface area contributed by atoms with E-state index in [0.717, 1.165) is 76.4 Å². The van der Waals surface area contributed by atoms with Crippen molar-refractivity contribution in [1.82, 2.24) is 14.9 Å². The van der Waals surface area contributed by atoms with Crippen LogP contribution in [-0.4, -0.2) is 74.1 Å². The van der Waals surface area contributed by atoms with Crippen LogP contribution in [0.5, 0.6) is 0 Å². The molecule has 1 amide bonds. The van der Waals surface area contributed by atoms with Crippen LogP contribution in [-0.2, 0) is 43.9 Å². The molecule has 6 aromatic carbocycles. The number of benzene rings is 6. The summed E-state index contributed by atoms with van der Waals surface area (Å²) in [5, 5.41) is 23.9. The molecule has 0 bridgehead atoms. The van der Waals surface area contributed by atoms with Gasteiger partial charge in [0.2, 0.25) is 15.9 Å². The van der Waals surface area contributed by atoms with Gasteiger partial charge >= 0.3 is 0 Å². The van der Waals surface area contributed by atoms with E-state index in [0.29, 0.717) is 6.54 Å². The molecule has 14 heteroatoms. The summed E-state index contributed by atoms with van der Waals surface area (Å²) in [7, 11) is -3.98. The lowest BCUT2D eigenvalue weighted by molar-refractivity contribution is -0.384. The van der Waals surface area contributed by atoms with E-state index >= 15 is 0 Å². The highest BCUT2D eigenvalue weighted by Gasteiger charge is 2.39. The molecule has 2 heterocycles. The highest BCUT2D eigenvalue weighted by Crippen LogP contribution is 2.42. The largest absolute Gasteiger partial charge is 0.392 e. The van der Waals surface area contributed by atoms with E-state index in [1.165, 1.54) is 12.1 Å². The Kier molecular flexibility index (Phi) is 14.7. The van der Waals surface area contributed by atoms with Gasteiger partial charge in [-0.1, -0.05) is 122 Å². The summed E-state index contributed by atoms with van der Waals surface area (Å²) < 4.78 is 43.0. The van der Waals surface area contributed by atoms with Crippen molar-refractivity contribution in [3.8, 4) is 11.1 Å². The molecule has 0 aliphatic carbocycles. The fraction of sp³-hybridized carbons (Fsp3) is 0.288. The number of hydrogen-bond acceptors (Lipinski definition) is 10. The van der Waals surface area contributed by atoms with E-state index < -0.39 is 28.3 Å². The monoisotopic (exact) mass is 909 g/mol. The first-order valence-electron chi connectivity index (χ1n) is 22.2. The minimum absolute atomic E-state index is 0.0124. The van der Waals surface area contributed by atoms with Crippen LogP contribution in [0.1, 0.15) is 52.7 Å². The molecule has 2 aliphatic heterocycles. The molecule has 0 saturated carbocycles. The Balaban J connectivity index is 0.940. The zero-order valence-electron chi connectivity index (χ0n) is 37.0. The zero-order chi connectivity index (χ0) is 46.2. The number of aliphatic hydroxyl groups is 1. The van der Waals surface area contributed by atoms with Gasteiger partial charge in [0.05, 0.1) is 28.6 Å². The molecule has 2 aliphatic rings. The third-order valence-electron chi connectivity index (χ3n) is 12.5. The minimum Gasteiger partial charge on any atom is -0.392 e. The molecule has 0 radical (unpaired) electrons. The van der Waals surface area contributed by atoms with Crippen LogP contribution in [0.2, 0.25) is 0 Å². The number of non-ortho nitro benzene ring substituents is 1. The SMILES string of the molecule is Cc1ccc(S(=O)(=O)N[C@H](Cc2ccccc2)C(=O)NCc2cccc(-c3ccc([C@@H]4O[C@H](CN5CCN(c6ccc([N+](=O)[O-])cc6)CC5)[C@H](C)[C@H](c5ccc(CO)cc5)O4)cc3)c2)cc1. The Morgan fingerprint density at radius 1 is 0.773 bits per heavy atom. The van der Waals surface area contributed by atoms with E-state index in [2.05, 4.69) is 26.8 Å². The number of nitrogens with zero attached hydrogens (tertiary/aromatic N) is 3. The number of amides is 1. The average molecular weight is 910 g/mol. The molecule has 342 valence electrons. The molecule has 8 rings (SSSR count). The Morgan fingerprint density at radius 2 is 1.44 bits per heavy atom. The molecule has 6 aromatic rings. The lowest BCUT2D eigenvalue weighted by atomic mass is 9.89. The van der Waals surface area contributed by atoms with Crippen molar-refractivity contribution in [2.45, 2.75) is 62.9 Å². The highest BCUT2D eigenvalue weighted by molar-refractivity contribution is 7.89. The normalized spacial score (nSPS) is 19.5. The molecule has 66 heavy (non-hydrogen) atoms. The quantitative estimate of drug-likeness (QED) is 0.0643. The number of ether oxygens (including phenoxy) is 2. The van der Waals surface area contributed by atoms with Crippen molar-refractivity contribution in [2.24, 2.45) is 5.92 Å². The first-order chi connectivity index (χ1) is 31.9. The van der Waals surface area contributed by atoms with Gasteiger partial charge in [-0.3, -0.25) is 19.8 Å². The van der Waals surface area contributed by atoms with Crippen molar-refractivity contribution in [3.05, 3.63) is 195 Å². The number of nitro benzene ring substituents is 1. The van der Waals surface area contributed by atoms with Crippen LogP contribution < -0.4 is 14.9 Å². The van der Waals surface area contributed by atoms with Crippen molar-refractivity contribution in [2.75, 3.05) is 37.6 Å². The number of aliphatic hydroxyl groups excluding tert-OH is 1. The van der Waals surface area contributed by atoms with Crippen molar-refractivity contribution < 1.29 is 32.7 Å². The molecular weight excluding hydrogens is 855 g/mol. The number of aryl methyl sites for hydroxylation is 1. The van der Waals surface area contributed by atoms with E-state index in [9.17, 15) is 28.4 Å². The van der Waals surface area contributed by atoms with Gasteiger partial charge in [-0.2, -0.15) is 4.72 Å². The summed E-state index contributed by atoms with van der Waals surface area (Å²) in [5.41, 5.74) is 8.27. The second kappa shape index (κ2) is 20.9. The summed E-state index contributed by atoms with van der Waals surface area (Å²) >= 11 is 0. The third kappa shape index (κ3) is 11.4. The van der Waals surface area contributed by atoms with Crippen molar-refractivity contribution in [1.29, 1.82) is 0 Å². The molecule has 13 nitrogen and oxygen atoms in total. The van der Waals surface area contributed by atoms with E-state index in [1.807, 2.05) is 122 Å². The summed E-state index contributed by atoms with van der Waals surface area (Å²) in [5.74, 6) is -0.421. The van der Waals surface area contributed by atoms with Crippen LogP contribution in [0.25, 0.3) is 11.1 Å². The minimum atomic E-state index is -3.98. The number of nitrogens with one attached hydrogen (secondary N) is 2. The Morgan fingerprint density at radius 3 is 2.11 bits per heavy atom. The zero-order valence-corrected chi connectivity index (χ0v) is 37.8. The second-order valence-electron chi connectivity index (χ2n) is 17.1. The van der Waals surface area contributed by atoms with Crippen LogP contribution >= 0.6 is 0 Å². The summed E-state index contributed by atoms with van der Waals surface area (Å²) in [6.45, 7) is 8.08. The average Bonchev–Trinajstić information content (AvgIpc) is 3.34. The van der Waals surface area contributed by atoms with Gasteiger partial charge in [-0.25, -0.2) is 8.42 Å². The van der Waals surface area contributed by atoms with Gasteiger partial charge in [-0.15, -0.1) is 0 Å². The van der Waals surface area contributed by atoms with Gasteiger partial charge in [0.1, 0.15) is 6.04 Å². The van der Waals surface area contributed by atoms with E-state index in [4.69, 9.17) is 9.47 Å². The standard InChI is InChI=1S/C52H55N5O8S/c1-36-11-25-47(26-12-36)66(62,63)54-48(32-38-7-4-3-5-8-38)51(59)53-33-40-9-6-10-44(31-40)41-17-19-43(20-18-41)52-64-49(37(2)50(65-52)42-15-13-39(35-58)14-16-42)34-55-27-29-56(30-28-55)45-21-23-46(24-22-45)57(60)61/h3-26,31,37,48-50,52,54,58H,27-30,32-35H2,1-2H3,(H,53,59)/t37-,48+,49+,50+,52+/m0/s1. The maximum Gasteiger partial charge on any atom is 0.269 e. The van der Waals surface area contributed by atoms with E-state index in [-0.39, 0.29) is 53.2 Å². The first-order valence-corrected chi connectivity index (χ1v) is 23.7. The Bertz CT molecular complexity index is 2680. The number of carbonyl (C=O) groups is 1. The molecular formula is C52H55N5O8S. The highest BCUT2D eigenvalue weighted by atomic mass is 32.2. The van der Waals surface area contributed by atoms with Crippen LogP contribution in [0.3, 0.4) is 0 Å². The Labute approximate surface area is 386 Å². The maximum absolute atomic E-state index is 13.7. The van der Waals surface area contributed by atoms with Gasteiger partial charge in [0.15, 0.2) is 6.29 Å². The fourth-order valence-corrected chi connectivity index (χ4v) is 9.77. The van der Waals surface area contributed by atoms with Gasteiger partial charge < -0.3 is 24.8 Å². The lowest BCUT2D eigenvalue weighted by Crippen LogP contribution is -2.51. The molecule has 0 aromatic heterocycles. The van der Waals surface area contributed by atoms with Crippen molar-refractivity contribution in [3.63, 3.8) is 0 Å². The number of rotatable bonds is 16. The van der Waals surface area contributed by atoms with Crippen molar-refractivity contribution >= 4 is 27.3 Å². The van der Waals surface area contributed by atoms with E-state index in [1.54, 1.807) is 24.3 Å². The van der Waals surface area contributed by atoms with Gasteiger partial charge in [0, 0.05) is 68.6 Å². The fourth-order valence-electron chi connectivity index (χ4n) is 8.57. The molecule has 2 saturated heterocycles. The third-order valence-corrected chi connectivity index (χ3v) is 14.0. The van der Waals surface area contributed by atoms with Crippen LogP contribution in [0.4, 0.5) is 11.4 Å². The number of hydrogen-bond donors (Lipinski definition) is 3. The molecule has 5 atom stereocenters. The number of piperazine rings is 1. The van der Waals surface area contributed by atoms with Gasteiger partial charge in [0.25, 0.3) is 5.69 Å². The molecule has 0 unspecified atom stereocenters. The maximum atomic E-state index is 13.7. The van der Waals surface area contributed by atoms with Crippen LogP contribution in [0.15, 0.2) is 157 Å². The number of carbonyl (C=O) groups excluding carboxylic acids is 1. The second-order valence-corrected chi connectivity index (χ2v) is 18.8. The first kappa shape index (κ1) is 46.3. The predicted molar refractivity (Wildman–Crippen MR) is 254 cm³/mol. The summed E-state index contributed by atoms with van der Waals surface area (Å²) in [6.07, 6.45) is -0.885. The molecule has 0 spiro atoms. The predicted octanol–water partition coefficient (Wildman–Crippen LogP) is 7.88. The van der Waals surface area contributed by atoms with Gasteiger partial charge in [-0.05, 0) is 77.1 Å². The lowest BCUT2D eigenvalue weighted by Gasteiger charge is -2.44. The van der Waals surface area contributed by atoms with Crippen LogP contribution in [0, 0.1) is 23.0 Å². The number of sulfonamides is 1.